The van der Waals surface area contributed by atoms with Gasteiger partial charge in [-0.05, 0) is 13.0 Å². The molecule has 0 saturated carbocycles. The number of carbonyl (C=O) groups excluding carboxylic acids is 1. The van der Waals surface area contributed by atoms with Crippen molar-refractivity contribution in [1.82, 2.24) is 14.9 Å². The molecule has 0 aliphatic heterocycles. The summed E-state index contributed by atoms with van der Waals surface area (Å²) in [6.07, 6.45) is 2.37. The number of hydrogen-bond acceptors (Lipinski definition) is 3. The molecule has 0 unspecified atom stereocenters. The van der Waals surface area contributed by atoms with Gasteiger partial charge in [-0.1, -0.05) is 6.92 Å². The number of aromatic nitrogens is 2. The molecule has 0 radical (unpaired) electrons. The molecule has 0 saturated heterocycles. The van der Waals surface area contributed by atoms with Gasteiger partial charge in [0.1, 0.15) is 11.5 Å². The molecule has 0 fully saturated rings. The van der Waals surface area contributed by atoms with E-state index >= 15 is 0 Å². The Bertz CT molecular complexity index is 325. The second-order valence-electron chi connectivity index (χ2n) is 3.03. The van der Waals surface area contributed by atoms with E-state index in [1.165, 1.54) is 0 Å². The standard InChI is InChI=1S/C10H15N3O/c1-4-9-11-7-6-8(12-9)10(14)13(3)5-2/h6-7H,4-5H2,1-3H3. The van der Waals surface area contributed by atoms with Crippen LogP contribution in [0.4, 0.5) is 0 Å². The Morgan fingerprint density at radius 3 is 2.79 bits per heavy atom. The van der Waals surface area contributed by atoms with Crippen molar-refractivity contribution in [2.75, 3.05) is 13.6 Å². The molecule has 14 heavy (non-hydrogen) atoms. The predicted molar refractivity (Wildman–Crippen MR) is 54.0 cm³/mol. The first-order valence-electron chi connectivity index (χ1n) is 4.76. The Kier molecular flexibility index (Phi) is 3.56. The molecule has 0 aliphatic rings. The largest absolute Gasteiger partial charge is 0.341 e. The zero-order chi connectivity index (χ0) is 10.6. The van der Waals surface area contributed by atoms with Crippen LogP contribution in [-0.4, -0.2) is 34.4 Å². The molecule has 4 heteroatoms. The maximum Gasteiger partial charge on any atom is 0.272 e. The fraction of sp³-hybridized carbons (Fsp3) is 0.500. The average molecular weight is 193 g/mol. The van der Waals surface area contributed by atoms with Gasteiger partial charge in [0.2, 0.25) is 0 Å². The van der Waals surface area contributed by atoms with Crippen molar-refractivity contribution in [3.63, 3.8) is 0 Å². The summed E-state index contributed by atoms with van der Waals surface area (Å²) in [6.45, 7) is 4.58. The Balaban J connectivity index is 2.90. The number of rotatable bonds is 3. The highest BCUT2D eigenvalue weighted by Crippen LogP contribution is 2.00. The van der Waals surface area contributed by atoms with E-state index in [1.807, 2.05) is 13.8 Å². The smallest absolute Gasteiger partial charge is 0.272 e. The van der Waals surface area contributed by atoms with Crippen LogP contribution in [0.25, 0.3) is 0 Å². The number of carbonyl (C=O) groups is 1. The van der Waals surface area contributed by atoms with Crippen LogP contribution in [0.3, 0.4) is 0 Å². The van der Waals surface area contributed by atoms with Crippen LogP contribution in [-0.2, 0) is 6.42 Å². The molecule has 0 aromatic carbocycles. The molecule has 76 valence electrons. The van der Waals surface area contributed by atoms with Crippen LogP contribution >= 0.6 is 0 Å². The Morgan fingerprint density at radius 1 is 1.50 bits per heavy atom. The third kappa shape index (κ3) is 2.28. The second-order valence-corrected chi connectivity index (χ2v) is 3.03. The van der Waals surface area contributed by atoms with Gasteiger partial charge in [0.25, 0.3) is 5.91 Å². The molecule has 4 nitrogen and oxygen atoms in total. The predicted octanol–water partition coefficient (Wildman–Crippen LogP) is 1.13. The van der Waals surface area contributed by atoms with Crippen LogP contribution in [0.15, 0.2) is 12.3 Å². The fourth-order valence-corrected chi connectivity index (χ4v) is 1.03. The zero-order valence-corrected chi connectivity index (χ0v) is 8.82. The van der Waals surface area contributed by atoms with E-state index in [0.29, 0.717) is 18.1 Å². The SMILES string of the molecule is CCc1nccc(C(=O)N(C)CC)n1. The molecule has 0 bridgehead atoms. The topological polar surface area (TPSA) is 46.1 Å². The molecule has 1 amide bonds. The van der Waals surface area contributed by atoms with E-state index in [4.69, 9.17) is 0 Å². The molecule has 0 aliphatic carbocycles. The average Bonchev–Trinajstić information content (AvgIpc) is 2.27. The first-order chi connectivity index (χ1) is 6.69. The minimum absolute atomic E-state index is 0.0513. The molecular weight excluding hydrogens is 178 g/mol. The van der Waals surface area contributed by atoms with Crippen LogP contribution in [0.5, 0.6) is 0 Å². The van der Waals surface area contributed by atoms with Gasteiger partial charge >= 0.3 is 0 Å². The van der Waals surface area contributed by atoms with Gasteiger partial charge in [-0.15, -0.1) is 0 Å². The van der Waals surface area contributed by atoms with E-state index in [-0.39, 0.29) is 5.91 Å². The summed E-state index contributed by atoms with van der Waals surface area (Å²) in [6, 6.07) is 1.65. The molecule has 1 heterocycles. The zero-order valence-electron chi connectivity index (χ0n) is 8.82. The number of amides is 1. The summed E-state index contributed by atoms with van der Waals surface area (Å²) < 4.78 is 0. The number of nitrogens with zero attached hydrogens (tertiary/aromatic N) is 3. The van der Waals surface area contributed by atoms with Crippen LogP contribution in [0.1, 0.15) is 30.2 Å². The minimum Gasteiger partial charge on any atom is -0.341 e. The molecule has 1 aromatic rings. The van der Waals surface area contributed by atoms with Crippen molar-refractivity contribution in [1.29, 1.82) is 0 Å². The van der Waals surface area contributed by atoms with Crippen LogP contribution < -0.4 is 0 Å². The Labute approximate surface area is 84.0 Å². The van der Waals surface area contributed by atoms with Gasteiger partial charge in [-0.2, -0.15) is 0 Å². The molecule has 0 atom stereocenters. The highest BCUT2D eigenvalue weighted by Gasteiger charge is 2.11. The first-order valence-corrected chi connectivity index (χ1v) is 4.76. The van der Waals surface area contributed by atoms with Gasteiger partial charge < -0.3 is 4.90 Å². The molecular formula is C10H15N3O. The Morgan fingerprint density at radius 2 is 2.21 bits per heavy atom. The summed E-state index contributed by atoms with van der Waals surface area (Å²) in [4.78, 5) is 21.5. The van der Waals surface area contributed by atoms with E-state index in [9.17, 15) is 4.79 Å². The third-order valence-corrected chi connectivity index (χ3v) is 2.06. The summed E-state index contributed by atoms with van der Waals surface area (Å²) >= 11 is 0. The number of hydrogen-bond donors (Lipinski definition) is 0. The van der Waals surface area contributed by atoms with Crippen molar-refractivity contribution < 1.29 is 4.79 Å². The summed E-state index contributed by atoms with van der Waals surface area (Å²) in [5, 5.41) is 0. The molecule has 1 rings (SSSR count). The molecule has 0 spiro atoms. The van der Waals surface area contributed by atoms with Crippen molar-refractivity contribution >= 4 is 5.91 Å². The highest BCUT2D eigenvalue weighted by molar-refractivity contribution is 5.91. The number of aryl methyl sites for hydroxylation is 1. The first kappa shape index (κ1) is 10.6. The fourth-order valence-electron chi connectivity index (χ4n) is 1.03. The lowest BCUT2D eigenvalue weighted by Gasteiger charge is -2.13. The van der Waals surface area contributed by atoms with Crippen LogP contribution in [0.2, 0.25) is 0 Å². The summed E-state index contributed by atoms with van der Waals surface area (Å²) in [5.41, 5.74) is 0.473. The van der Waals surface area contributed by atoms with Gasteiger partial charge in [0.15, 0.2) is 0 Å². The third-order valence-electron chi connectivity index (χ3n) is 2.06. The van der Waals surface area contributed by atoms with Crippen molar-refractivity contribution in [2.45, 2.75) is 20.3 Å². The van der Waals surface area contributed by atoms with Crippen molar-refractivity contribution in [3.05, 3.63) is 23.8 Å². The van der Waals surface area contributed by atoms with Gasteiger partial charge in [-0.3, -0.25) is 4.79 Å². The normalized spacial score (nSPS) is 9.93. The molecule has 0 N–H and O–H groups in total. The van der Waals surface area contributed by atoms with Gasteiger partial charge in [0.05, 0.1) is 0 Å². The van der Waals surface area contributed by atoms with E-state index < -0.39 is 0 Å². The van der Waals surface area contributed by atoms with Gasteiger partial charge in [0, 0.05) is 26.2 Å². The minimum atomic E-state index is -0.0513. The maximum absolute atomic E-state index is 11.7. The van der Waals surface area contributed by atoms with Crippen molar-refractivity contribution in [2.24, 2.45) is 0 Å². The highest BCUT2D eigenvalue weighted by atomic mass is 16.2. The lowest BCUT2D eigenvalue weighted by Crippen LogP contribution is -2.27. The van der Waals surface area contributed by atoms with Crippen LogP contribution in [0, 0.1) is 0 Å². The maximum atomic E-state index is 11.7. The van der Waals surface area contributed by atoms with E-state index in [2.05, 4.69) is 9.97 Å². The quantitative estimate of drug-likeness (QED) is 0.723. The second kappa shape index (κ2) is 4.69. The molecule has 1 aromatic heterocycles. The lowest BCUT2D eigenvalue weighted by molar-refractivity contribution is 0.0796. The summed E-state index contributed by atoms with van der Waals surface area (Å²) in [5.74, 6) is 0.657. The monoisotopic (exact) mass is 193 g/mol. The van der Waals surface area contributed by atoms with E-state index in [0.717, 1.165) is 6.42 Å². The summed E-state index contributed by atoms with van der Waals surface area (Å²) in [7, 11) is 1.76. The lowest BCUT2D eigenvalue weighted by atomic mass is 10.3. The Hall–Kier alpha value is -1.45. The van der Waals surface area contributed by atoms with Gasteiger partial charge in [-0.25, -0.2) is 9.97 Å². The van der Waals surface area contributed by atoms with Crippen molar-refractivity contribution in [3.8, 4) is 0 Å². The van der Waals surface area contributed by atoms with E-state index in [1.54, 1.807) is 24.2 Å².